The quantitative estimate of drug-likeness (QED) is 0.887. The van der Waals surface area contributed by atoms with E-state index in [1.807, 2.05) is 18.2 Å². The molecule has 1 aromatic heterocycles. The third-order valence-corrected chi connectivity index (χ3v) is 5.83. The van der Waals surface area contributed by atoms with Gasteiger partial charge in [-0.1, -0.05) is 6.07 Å². The van der Waals surface area contributed by atoms with Gasteiger partial charge in [0.1, 0.15) is 19.0 Å². The van der Waals surface area contributed by atoms with Crippen LogP contribution in [0.25, 0.3) is 0 Å². The number of pyridine rings is 1. The number of fused-ring (bicyclic) bond motifs is 1. The second kappa shape index (κ2) is 6.53. The molecule has 1 fully saturated rings. The van der Waals surface area contributed by atoms with Gasteiger partial charge >= 0.3 is 0 Å². The highest BCUT2D eigenvalue weighted by atomic mass is 32.2. The minimum Gasteiger partial charge on any atom is -0.486 e. The van der Waals surface area contributed by atoms with Crippen LogP contribution in [0.3, 0.4) is 0 Å². The molecule has 0 radical (unpaired) electrons. The van der Waals surface area contributed by atoms with Gasteiger partial charge in [-0.3, -0.25) is 0 Å². The largest absolute Gasteiger partial charge is 0.486 e. The Balaban J connectivity index is 1.47. The lowest BCUT2D eigenvalue weighted by molar-refractivity contribution is 0.171. The Morgan fingerprint density at radius 2 is 1.96 bits per heavy atom. The predicted molar refractivity (Wildman–Crippen MR) is 92.6 cm³/mol. The molecule has 2 aliphatic rings. The highest BCUT2D eigenvalue weighted by Crippen LogP contribution is 2.32. The molecule has 8 heteroatoms. The number of hydrogen-bond donors (Lipinski definition) is 1. The second-order valence-electron chi connectivity index (χ2n) is 6.05. The van der Waals surface area contributed by atoms with E-state index >= 15 is 0 Å². The van der Waals surface area contributed by atoms with Crippen molar-refractivity contribution in [3.8, 4) is 11.5 Å². The Labute approximate surface area is 146 Å². The number of rotatable bonds is 4. The van der Waals surface area contributed by atoms with Crippen LogP contribution in [0.1, 0.15) is 6.42 Å². The fourth-order valence-corrected chi connectivity index (χ4v) is 4.36. The average molecular weight is 361 g/mol. The molecule has 1 atom stereocenters. The average Bonchev–Trinajstić information content (AvgIpc) is 3.10. The van der Waals surface area contributed by atoms with Crippen molar-refractivity contribution in [2.45, 2.75) is 17.4 Å². The summed E-state index contributed by atoms with van der Waals surface area (Å²) in [4.78, 5) is 6.58. The van der Waals surface area contributed by atoms with Gasteiger partial charge in [-0.05, 0) is 30.7 Å². The maximum Gasteiger partial charge on any atom is 0.241 e. The number of sulfonamides is 1. The molecule has 1 unspecified atom stereocenters. The van der Waals surface area contributed by atoms with Gasteiger partial charge in [0, 0.05) is 31.4 Å². The van der Waals surface area contributed by atoms with Gasteiger partial charge in [-0.25, -0.2) is 18.1 Å². The topological polar surface area (TPSA) is 80.8 Å². The van der Waals surface area contributed by atoms with Gasteiger partial charge < -0.3 is 14.4 Å². The van der Waals surface area contributed by atoms with Crippen LogP contribution in [0.15, 0.2) is 47.5 Å². The molecule has 3 heterocycles. The highest BCUT2D eigenvalue weighted by Gasteiger charge is 2.28. The first-order valence-electron chi connectivity index (χ1n) is 8.20. The Kier molecular flexibility index (Phi) is 4.22. The lowest BCUT2D eigenvalue weighted by atomic mass is 10.3. The second-order valence-corrected chi connectivity index (χ2v) is 7.76. The van der Waals surface area contributed by atoms with Crippen molar-refractivity contribution in [3.05, 3.63) is 42.6 Å². The van der Waals surface area contributed by atoms with Crippen LogP contribution in [0.4, 0.5) is 5.82 Å². The maximum absolute atomic E-state index is 12.7. The number of benzene rings is 1. The summed E-state index contributed by atoms with van der Waals surface area (Å²) < 4.78 is 39.0. The summed E-state index contributed by atoms with van der Waals surface area (Å²) >= 11 is 0. The van der Waals surface area contributed by atoms with E-state index in [0.29, 0.717) is 31.3 Å². The number of hydrogen-bond acceptors (Lipinski definition) is 6. The molecule has 0 saturated carbocycles. The van der Waals surface area contributed by atoms with Gasteiger partial charge in [0.05, 0.1) is 4.90 Å². The predicted octanol–water partition coefficient (Wildman–Crippen LogP) is 1.41. The molecule has 4 rings (SSSR count). The summed E-state index contributed by atoms with van der Waals surface area (Å²) in [5, 5.41) is 0. The van der Waals surface area contributed by atoms with Crippen molar-refractivity contribution in [1.29, 1.82) is 0 Å². The van der Waals surface area contributed by atoms with E-state index < -0.39 is 10.0 Å². The third-order valence-electron chi connectivity index (χ3n) is 4.31. The molecular weight excluding hydrogens is 342 g/mol. The van der Waals surface area contributed by atoms with Crippen LogP contribution in [0.5, 0.6) is 11.5 Å². The molecule has 0 bridgehead atoms. The first kappa shape index (κ1) is 16.2. The maximum atomic E-state index is 12.7. The van der Waals surface area contributed by atoms with E-state index in [1.54, 1.807) is 18.3 Å². The van der Waals surface area contributed by atoms with Gasteiger partial charge in [0.15, 0.2) is 11.5 Å². The van der Waals surface area contributed by atoms with Crippen molar-refractivity contribution in [2.75, 3.05) is 31.2 Å². The van der Waals surface area contributed by atoms with Gasteiger partial charge in [0.25, 0.3) is 0 Å². The highest BCUT2D eigenvalue weighted by molar-refractivity contribution is 7.89. The van der Waals surface area contributed by atoms with Gasteiger partial charge in [0.2, 0.25) is 10.0 Å². The monoisotopic (exact) mass is 361 g/mol. The zero-order valence-corrected chi connectivity index (χ0v) is 14.4. The summed E-state index contributed by atoms with van der Waals surface area (Å²) in [7, 11) is -3.62. The van der Waals surface area contributed by atoms with Crippen molar-refractivity contribution < 1.29 is 17.9 Å². The molecule has 2 aromatic rings. The zero-order valence-electron chi connectivity index (χ0n) is 13.6. The van der Waals surface area contributed by atoms with Crippen LogP contribution in [0.2, 0.25) is 0 Å². The standard InChI is InChI=1S/C17H19N3O4S/c21-25(22,14-4-5-15-16(11-14)24-10-9-23-15)19-13-6-8-20(12-13)17-3-1-2-7-18-17/h1-5,7,11,13,19H,6,8-10,12H2. The third kappa shape index (κ3) is 3.40. The van der Waals surface area contributed by atoms with E-state index in [2.05, 4.69) is 14.6 Å². The Morgan fingerprint density at radius 1 is 1.12 bits per heavy atom. The number of ether oxygens (including phenoxy) is 2. The number of nitrogens with zero attached hydrogens (tertiary/aromatic N) is 2. The Hall–Kier alpha value is -2.32. The first-order chi connectivity index (χ1) is 12.1. The van der Waals surface area contributed by atoms with Crippen molar-refractivity contribution in [2.24, 2.45) is 0 Å². The van der Waals surface area contributed by atoms with Crippen LogP contribution in [-0.4, -0.2) is 45.7 Å². The summed E-state index contributed by atoms with van der Waals surface area (Å²) in [5.74, 6) is 1.91. The van der Waals surface area contributed by atoms with Crippen molar-refractivity contribution in [3.63, 3.8) is 0 Å². The van der Waals surface area contributed by atoms with E-state index in [9.17, 15) is 8.42 Å². The molecule has 0 amide bonds. The molecule has 2 aliphatic heterocycles. The molecule has 7 nitrogen and oxygen atoms in total. The van der Waals surface area contributed by atoms with Crippen molar-refractivity contribution in [1.82, 2.24) is 9.71 Å². The smallest absolute Gasteiger partial charge is 0.241 e. The minimum absolute atomic E-state index is 0.153. The number of anilines is 1. The van der Waals surface area contributed by atoms with E-state index in [1.165, 1.54) is 6.07 Å². The zero-order chi connectivity index (χ0) is 17.3. The molecule has 1 saturated heterocycles. The summed E-state index contributed by atoms with van der Waals surface area (Å²) in [6, 6.07) is 10.3. The SMILES string of the molecule is O=S(=O)(NC1CCN(c2ccccn2)C1)c1ccc2c(c1)OCCO2. The number of aromatic nitrogens is 1. The first-order valence-corrected chi connectivity index (χ1v) is 9.68. The summed E-state index contributed by atoms with van der Waals surface area (Å²) in [5.41, 5.74) is 0. The van der Waals surface area contributed by atoms with Crippen LogP contribution in [0, 0.1) is 0 Å². The van der Waals surface area contributed by atoms with E-state index in [-0.39, 0.29) is 10.9 Å². The molecule has 1 N–H and O–H groups in total. The Bertz CT molecular complexity index is 857. The van der Waals surface area contributed by atoms with Crippen molar-refractivity contribution >= 4 is 15.8 Å². The van der Waals surface area contributed by atoms with Crippen LogP contribution in [-0.2, 0) is 10.0 Å². The Morgan fingerprint density at radius 3 is 2.76 bits per heavy atom. The minimum atomic E-state index is -3.62. The molecule has 25 heavy (non-hydrogen) atoms. The summed E-state index contributed by atoms with van der Waals surface area (Å²) in [6.45, 7) is 2.26. The van der Waals surface area contributed by atoms with Gasteiger partial charge in [-0.15, -0.1) is 0 Å². The molecule has 0 spiro atoms. The molecule has 0 aliphatic carbocycles. The van der Waals surface area contributed by atoms with Gasteiger partial charge in [-0.2, -0.15) is 0 Å². The van der Waals surface area contributed by atoms with E-state index in [4.69, 9.17) is 9.47 Å². The van der Waals surface area contributed by atoms with E-state index in [0.717, 1.165) is 18.8 Å². The number of nitrogens with one attached hydrogen (secondary N) is 1. The normalized spacial score (nSPS) is 19.8. The van der Waals surface area contributed by atoms with Crippen LogP contribution < -0.4 is 19.1 Å². The lowest BCUT2D eigenvalue weighted by Gasteiger charge is -2.20. The fraction of sp³-hybridized carbons (Fsp3) is 0.353. The fourth-order valence-electron chi connectivity index (χ4n) is 3.08. The molecule has 132 valence electrons. The molecule has 1 aromatic carbocycles. The van der Waals surface area contributed by atoms with Crippen LogP contribution >= 0.6 is 0 Å². The molecular formula is C17H19N3O4S. The summed E-state index contributed by atoms with van der Waals surface area (Å²) in [6.07, 6.45) is 2.47. The lowest BCUT2D eigenvalue weighted by Crippen LogP contribution is -2.37.